The summed E-state index contributed by atoms with van der Waals surface area (Å²) in [4.78, 5) is 16.3. The number of benzene rings is 1. The van der Waals surface area contributed by atoms with E-state index in [2.05, 4.69) is 29.5 Å². The molecule has 0 spiro atoms. The zero-order valence-corrected chi connectivity index (χ0v) is 12.0. The predicted octanol–water partition coefficient (Wildman–Crippen LogP) is 3.50. The Labute approximate surface area is 119 Å². The largest absolute Gasteiger partial charge is 0.387 e. The average Bonchev–Trinajstić information content (AvgIpc) is 2.47. The summed E-state index contributed by atoms with van der Waals surface area (Å²) >= 11 is 0. The maximum atomic E-state index is 12.2. The normalized spacial score (nSPS) is 10.4. The maximum Gasteiger partial charge on any atom is 0.274 e. The number of para-hydroxylation sites is 1. The molecule has 4 nitrogen and oxygen atoms in total. The minimum Gasteiger partial charge on any atom is -0.387 e. The summed E-state index contributed by atoms with van der Waals surface area (Å²) in [6.45, 7) is 4.20. The molecule has 2 N–H and O–H groups in total. The highest BCUT2D eigenvalue weighted by molar-refractivity contribution is 6.03. The molecule has 0 saturated heterocycles. The van der Waals surface area contributed by atoms with Crippen molar-refractivity contribution >= 4 is 17.3 Å². The lowest BCUT2D eigenvalue weighted by atomic mass is 10.0. The molecule has 4 heteroatoms. The van der Waals surface area contributed by atoms with Gasteiger partial charge < -0.3 is 10.6 Å². The molecule has 0 saturated carbocycles. The summed E-state index contributed by atoms with van der Waals surface area (Å²) in [5.41, 5.74) is 3.24. The fourth-order valence-corrected chi connectivity index (χ4v) is 1.98. The molecule has 2 aromatic rings. The van der Waals surface area contributed by atoms with Crippen LogP contribution in [0.5, 0.6) is 0 Å². The second kappa shape index (κ2) is 6.19. The quantitative estimate of drug-likeness (QED) is 0.893. The number of hydrogen-bond donors (Lipinski definition) is 2. The molecular weight excluding hydrogens is 250 g/mol. The molecule has 0 fully saturated rings. The first-order chi connectivity index (χ1) is 9.61. The number of aromatic nitrogens is 1. The number of carbonyl (C=O) groups is 1. The van der Waals surface area contributed by atoms with Gasteiger partial charge in [0.25, 0.3) is 5.91 Å². The van der Waals surface area contributed by atoms with Crippen molar-refractivity contribution in [3.05, 3.63) is 53.9 Å². The summed E-state index contributed by atoms with van der Waals surface area (Å²) in [6.07, 6.45) is 1.64. The zero-order chi connectivity index (χ0) is 14.5. The smallest absolute Gasteiger partial charge is 0.274 e. The molecule has 1 heterocycles. The van der Waals surface area contributed by atoms with Crippen LogP contribution in [0.15, 0.2) is 42.6 Å². The summed E-state index contributed by atoms with van der Waals surface area (Å²) < 4.78 is 0. The van der Waals surface area contributed by atoms with E-state index < -0.39 is 0 Å². The minimum atomic E-state index is -0.194. The van der Waals surface area contributed by atoms with E-state index in [0.29, 0.717) is 11.6 Å². The summed E-state index contributed by atoms with van der Waals surface area (Å²) in [7, 11) is 1.82. The van der Waals surface area contributed by atoms with Gasteiger partial charge in [-0.05, 0) is 29.7 Å². The number of nitrogens with one attached hydrogen (secondary N) is 2. The number of amides is 1. The Hall–Kier alpha value is -2.36. The highest BCUT2D eigenvalue weighted by Gasteiger charge is 2.11. The number of carbonyl (C=O) groups excluding carboxylic acids is 1. The van der Waals surface area contributed by atoms with E-state index in [1.54, 1.807) is 12.3 Å². The lowest BCUT2D eigenvalue weighted by Gasteiger charge is -2.13. The van der Waals surface area contributed by atoms with Crippen molar-refractivity contribution in [2.75, 3.05) is 17.7 Å². The predicted molar refractivity (Wildman–Crippen MR) is 82.3 cm³/mol. The Balaban J connectivity index is 2.19. The number of nitrogens with zero attached hydrogens (tertiary/aromatic N) is 1. The highest BCUT2D eigenvalue weighted by Crippen LogP contribution is 2.24. The monoisotopic (exact) mass is 269 g/mol. The molecule has 104 valence electrons. The third kappa shape index (κ3) is 3.15. The lowest BCUT2D eigenvalue weighted by molar-refractivity contribution is 0.102. The van der Waals surface area contributed by atoms with Crippen LogP contribution in [0.4, 0.5) is 11.4 Å². The Morgan fingerprint density at radius 3 is 2.50 bits per heavy atom. The third-order valence-corrected chi connectivity index (χ3v) is 3.12. The Morgan fingerprint density at radius 1 is 1.15 bits per heavy atom. The molecule has 0 unspecified atom stereocenters. The van der Waals surface area contributed by atoms with Crippen LogP contribution in [0.25, 0.3) is 0 Å². The molecule has 20 heavy (non-hydrogen) atoms. The van der Waals surface area contributed by atoms with Gasteiger partial charge in [-0.25, -0.2) is 4.98 Å². The second-order valence-electron chi connectivity index (χ2n) is 4.88. The third-order valence-electron chi connectivity index (χ3n) is 3.12. The topological polar surface area (TPSA) is 54.0 Å². The van der Waals surface area contributed by atoms with E-state index in [-0.39, 0.29) is 5.91 Å². The first-order valence-corrected chi connectivity index (χ1v) is 6.66. The van der Waals surface area contributed by atoms with Crippen molar-refractivity contribution in [3.8, 4) is 0 Å². The van der Waals surface area contributed by atoms with Gasteiger partial charge in [0.05, 0.1) is 11.9 Å². The number of pyridine rings is 1. The molecule has 0 aliphatic rings. The van der Waals surface area contributed by atoms with Gasteiger partial charge in [-0.2, -0.15) is 0 Å². The fraction of sp³-hybridized carbons (Fsp3) is 0.250. The van der Waals surface area contributed by atoms with E-state index in [4.69, 9.17) is 0 Å². The van der Waals surface area contributed by atoms with Crippen LogP contribution in [0, 0.1) is 0 Å². The number of rotatable bonds is 4. The van der Waals surface area contributed by atoms with Gasteiger partial charge in [0.2, 0.25) is 0 Å². The Bertz CT molecular complexity index is 591. The van der Waals surface area contributed by atoms with Crippen LogP contribution in [-0.2, 0) is 0 Å². The summed E-state index contributed by atoms with van der Waals surface area (Å²) in [6, 6.07) is 11.4. The average molecular weight is 269 g/mol. The lowest BCUT2D eigenvalue weighted by Crippen LogP contribution is -2.15. The SMILES string of the molecule is CNc1ccc(C(=O)Nc2ccccc2C(C)C)nc1. The van der Waals surface area contributed by atoms with E-state index in [1.807, 2.05) is 37.4 Å². The first kappa shape index (κ1) is 14.1. The molecule has 1 aromatic carbocycles. The fourth-order valence-electron chi connectivity index (χ4n) is 1.98. The van der Waals surface area contributed by atoms with Gasteiger partial charge >= 0.3 is 0 Å². The summed E-state index contributed by atoms with van der Waals surface area (Å²) in [5, 5.41) is 5.90. The van der Waals surface area contributed by atoms with Crippen LogP contribution in [0.1, 0.15) is 35.8 Å². The van der Waals surface area contributed by atoms with Gasteiger partial charge in [0, 0.05) is 12.7 Å². The molecular formula is C16H19N3O. The molecule has 0 aliphatic heterocycles. The molecule has 2 rings (SSSR count). The van der Waals surface area contributed by atoms with Gasteiger partial charge in [-0.15, -0.1) is 0 Å². The van der Waals surface area contributed by atoms with Crippen LogP contribution in [0.2, 0.25) is 0 Å². The molecule has 0 radical (unpaired) electrons. The second-order valence-corrected chi connectivity index (χ2v) is 4.88. The molecule has 0 bridgehead atoms. The van der Waals surface area contributed by atoms with Crippen molar-refractivity contribution in [1.82, 2.24) is 4.98 Å². The van der Waals surface area contributed by atoms with E-state index >= 15 is 0 Å². The zero-order valence-electron chi connectivity index (χ0n) is 12.0. The number of hydrogen-bond acceptors (Lipinski definition) is 3. The minimum absolute atomic E-state index is 0.194. The van der Waals surface area contributed by atoms with Gasteiger partial charge in [0.1, 0.15) is 5.69 Å². The van der Waals surface area contributed by atoms with E-state index in [1.165, 1.54) is 0 Å². The van der Waals surface area contributed by atoms with Crippen LogP contribution in [-0.4, -0.2) is 17.9 Å². The van der Waals surface area contributed by atoms with Crippen molar-refractivity contribution in [3.63, 3.8) is 0 Å². The van der Waals surface area contributed by atoms with Crippen molar-refractivity contribution in [2.45, 2.75) is 19.8 Å². The van der Waals surface area contributed by atoms with Crippen LogP contribution >= 0.6 is 0 Å². The summed E-state index contributed by atoms with van der Waals surface area (Å²) in [5.74, 6) is 0.159. The maximum absolute atomic E-state index is 12.2. The molecule has 0 atom stereocenters. The highest BCUT2D eigenvalue weighted by atomic mass is 16.1. The molecule has 1 aromatic heterocycles. The first-order valence-electron chi connectivity index (χ1n) is 6.66. The number of anilines is 2. The van der Waals surface area contributed by atoms with E-state index in [9.17, 15) is 4.79 Å². The molecule has 0 aliphatic carbocycles. The van der Waals surface area contributed by atoms with Gasteiger partial charge in [0.15, 0.2) is 0 Å². The van der Waals surface area contributed by atoms with Crippen molar-refractivity contribution in [1.29, 1.82) is 0 Å². The van der Waals surface area contributed by atoms with Crippen molar-refractivity contribution < 1.29 is 4.79 Å². The van der Waals surface area contributed by atoms with Crippen LogP contribution in [0.3, 0.4) is 0 Å². The van der Waals surface area contributed by atoms with Gasteiger partial charge in [-0.1, -0.05) is 32.0 Å². The Morgan fingerprint density at radius 2 is 1.90 bits per heavy atom. The van der Waals surface area contributed by atoms with E-state index in [0.717, 1.165) is 16.9 Å². The van der Waals surface area contributed by atoms with Gasteiger partial charge in [-0.3, -0.25) is 4.79 Å². The van der Waals surface area contributed by atoms with Crippen LogP contribution < -0.4 is 10.6 Å². The molecule has 1 amide bonds. The standard InChI is InChI=1S/C16H19N3O/c1-11(2)13-6-4-5-7-14(13)19-16(20)15-9-8-12(17-3)10-18-15/h4-11,17H,1-3H3,(H,19,20). The van der Waals surface area contributed by atoms with Crippen molar-refractivity contribution in [2.24, 2.45) is 0 Å². The Kier molecular flexibility index (Phi) is 4.35.